The molecule has 18 heavy (non-hydrogen) atoms. The van der Waals surface area contributed by atoms with E-state index in [1.807, 2.05) is 0 Å². The molecule has 2 rings (SSSR count). The molecule has 0 N–H and O–H groups in total. The molecule has 2 aromatic rings. The Bertz CT molecular complexity index is 617. The summed E-state index contributed by atoms with van der Waals surface area (Å²) in [6.45, 7) is 0. The van der Waals surface area contributed by atoms with Crippen molar-refractivity contribution in [1.82, 2.24) is 0 Å². The third-order valence-electron chi connectivity index (χ3n) is 2.46. The molecule has 90 valence electrons. The quantitative estimate of drug-likeness (QED) is 0.626. The third-order valence-corrected chi connectivity index (χ3v) is 2.76. The lowest BCUT2D eigenvalue weighted by atomic mass is 9.98. The zero-order valence-electron chi connectivity index (χ0n) is 9.04. The van der Waals surface area contributed by atoms with Gasteiger partial charge >= 0.3 is 0 Å². The second-order valence-corrected chi connectivity index (χ2v) is 3.95. The lowest BCUT2D eigenvalue weighted by Crippen LogP contribution is -1.98. The zero-order chi connectivity index (χ0) is 13.1. The molecular weight excluding hydrogens is 256 g/mol. The van der Waals surface area contributed by atoms with Gasteiger partial charge in [-0.1, -0.05) is 17.7 Å². The SMILES string of the molecule is N#CC(c1ccc([N+](=O)[O-])c(Cl)c1)c1ccco1. The second-order valence-electron chi connectivity index (χ2n) is 3.55. The number of furan rings is 1. The Kier molecular flexibility index (Phi) is 3.31. The lowest BCUT2D eigenvalue weighted by Gasteiger charge is -2.06. The van der Waals surface area contributed by atoms with Gasteiger partial charge in [-0.15, -0.1) is 0 Å². The largest absolute Gasteiger partial charge is 0.468 e. The van der Waals surface area contributed by atoms with Gasteiger partial charge in [0, 0.05) is 6.07 Å². The highest BCUT2D eigenvalue weighted by Crippen LogP contribution is 2.31. The summed E-state index contributed by atoms with van der Waals surface area (Å²) in [7, 11) is 0. The maximum Gasteiger partial charge on any atom is 0.287 e. The number of nitriles is 1. The van der Waals surface area contributed by atoms with Crippen molar-refractivity contribution in [3.63, 3.8) is 0 Å². The molecule has 0 amide bonds. The van der Waals surface area contributed by atoms with Crippen molar-refractivity contribution in [2.45, 2.75) is 5.92 Å². The van der Waals surface area contributed by atoms with E-state index in [9.17, 15) is 10.1 Å². The molecular formula is C12H7ClN2O3. The molecule has 1 atom stereocenters. The summed E-state index contributed by atoms with van der Waals surface area (Å²) in [5.41, 5.74) is 0.375. The fourth-order valence-electron chi connectivity index (χ4n) is 1.61. The van der Waals surface area contributed by atoms with Crippen molar-refractivity contribution in [2.75, 3.05) is 0 Å². The number of nitro groups is 1. The number of nitrogens with zero attached hydrogens (tertiary/aromatic N) is 2. The second kappa shape index (κ2) is 4.90. The number of nitro benzene ring substituents is 1. The van der Waals surface area contributed by atoms with E-state index in [0.29, 0.717) is 11.3 Å². The minimum atomic E-state index is -0.627. The molecule has 0 radical (unpaired) electrons. The first kappa shape index (κ1) is 12.1. The Morgan fingerprint density at radius 3 is 2.72 bits per heavy atom. The van der Waals surface area contributed by atoms with E-state index in [2.05, 4.69) is 6.07 Å². The summed E-state index contributed by atoms with van der Waals surface area (Å²) < 4.78 is 5.16. The van der Waals surface area contributed by atoms with Gasteiger partial charge in [-0.05, 0) is 23.8 Å². The smallest absolute Gasteiger partial charge is 0.287 e. The van der Waals surface area contributed by atoms with Crippen LogP contribution in [-0.2, 0) is 0 Å². The van der Waals surface area contributed by atoms with Crippen LogP contribution in [0.1, 0.15) is 17.2 Å². The molecule has 0 saturated carbocycles. The highest BCUT2D eigenvalue weighted by molar-refractivity contribution is 6.32. The minimum absolute atomic E-state index is 0.00399. The molecule has 0 aliphatic carbocycles. The van der Waals surface area contributed by atoms with Crippen molar-refractivity contribution in [3.8, 4) is 6.07 Å². The predicted molar refractivity (Wildman–Crippen MR) is 64.3 cm³/mol. The van der Waals surface area contributed by atoms with Gasteiger partial charge in [0.15, 0.2) is 0 Å². The Morgan fingerprint density at radius 2 is 2.22 bits per heavy atom. The first-order chi connectivity index (χ1) is 8.63. The van der Waals surface area contributed by atoms with Gasteiger partial charge in [0.2, 0.25) is 0 Å². The summed E-state index contributed by atoms with van der Waals surface area (Å²) in [6, 6.07) is 9.61. The average Bonchev–Trinajstić information content (AvgIpc) is 2.83. The van der Waals surface area contributed by atoms with Crippen LogP contribution in [0.25, 0.3) is 0 Å². The zero-order valence-corrected chi connectivity index (χ0v) is 9.79. The molecule has 0 aliphatic rings. The van der Waals surface area contributed by atoms with Gasteiger partial charge in [-0.2, -0.15) is 5.26 Å². The van der Waals surface area contributed by atoms with Crippen molar-refractivity contribution < 1.29 is 9.34 Å². The predicted octanol–water partition coefficient (Wildman–Crippen LogP) is 3.50. The monoisotopic (exact) mass is 262 g/mol. The van der Waals surface area contributed by atoms with E-state index in [1.54, 1.807) is 12.1 Å². The average molecular weight is 263 g/mol. The van der Waals surface area contributed by atoms with E-state index < -0.39 is 10.8 Å². The maximum absolute atomic E-state index is 10.6. The van der Waals surface area contributed by atoms with E-state index >= 15 is 0 Å². The molecule has 6 heteroatoms. The van der Waals surface area contributed by atoms with Gasteiger partial charge in [-0.25, -0.2) is 0 Å². The van der Waals surface area contributed by atoms with Crippen LogP contribution in [0, 0.1) is 21.4 Å². The topological polar surface area (TPSA) is 80.1 Å². The van der Waals surface area contributed by atoms with Crippen LogP contribution in [0.5, 0.6) is 0 Å². The molecule has 0 saturated heterocycles. The Morgan fingerprint density at radius 1 is 1.44 bits per heavy atom. The highest BCUT2D eigenvalue weighted by atomic mass is 35.5. The Hall–Kier alpha value is -2.32. The summed E-state index contributed by atoms with van der Waals surface area (Å²) in [4.78, 5) is 10.1. The maximum atomic E-state index is 10.6. The number of benzene rings is 1. The van der Waals surface area contributed by atoms with Crippen LogP contribution in [0.3, 0.4) is 0 Å². The molecule has 1 aromatic carbocycles. The van der Waals surface area contributed by atoms with Crippen LogP contribution < -0.4 is 0 Å². The first-order valence-corrected chi connectivity index (χ1v) is 5.38. The fraction of sp³-hybridized carbons (Fsp3) is 0.0833. The van der Waals surface area contributed by atoms with Gasteiger partial charge in [-0.3, -0.25) is 10.1 Å². The normalized spacial score (nSPS) is 11.8. The van der Waals surface area contributed by atoms with Gasteiger partial charge < -0.3 is 4.42 Å². The van der Waals surface area contributed by atoms with Gasteiger partial charge in [0.05, 0.1) is 17.3 Å². The first-order valence-electron chi connectivity index (χ1n) is 5.00. The fourth-order valence-corrected chi connectivity index (χ4v) is 1.87. The van der Waals surface area contributed by atoms with Crippen LogP contribution in [0.15, 0.2) is 41.0 Å². The van der Waals surface area contributed by atoms with Crippen molar-refractivity contribution in [1.29, 1.82) is 5.26 Å². The third kappa shape index (κ3) is 2.19. The molecule has 1 aromatic heterocycles. The van der Waals surface area contributed by atoms with E-state index in [4.69, 9.17) is 21.3 Å². The van der Waals surface area contributed by atoms with Crippen LogP contribution in [0.2, 0.25) is 5.02 Å². The Labute approximate surface area is 107 Å². The number of hydrogen-bond donors (Lipinski definition) is 0. The van der Waals surface area contributed by atoms with E-state index in [-0.39, 0.29) is 10.7 Å². The van der Waals surface area contributed by atoms with Gasteiger partial charge in [0.25, 0.3) is 5.69 Å². The number of halogens is 1. The highest BCUT2D eigenvalue weighted by Gasteiger charge is 2.20. The molecule has 0 aliphatic heterocycles. The summed E-state index contributed by atoms with van der Waals surface area (Å²) >= 11 is 5.81. The number of hydrogen-bond acceptors (Lipinski definition) is 4. The van der Waals surface area contributed by atoms with Crippen molar-refractivity contribution in [2.24, 2.45) is 0 Å². The van der Waals surface area contributed by atoms with Crippen LogP contribution in [0.4, 0.5) is 5.69 Å². The van der Waals surface area contributed by atoms with Crippen molar-refractivity contribution >= 4 is 17.3 Å². The van der Waals surface area contributed by atoms with Crippen LogP contribution >= 0.6 is 11.6 Å². The molecule has 1 heterocycles. The lowest BCUT2D eigenvalue weighted by molar-refractivity contribution is -0.384. The number of rotatable bonds is 3. The van der Waals surface area contributed by atoms with Crippen molar-refractivity contribution in [3.05, 3.63) is 63.1 Å². The van der Waals surface area contributed by atoms with Gasteiger partial charge in [0.1, 0.15) is 16.7 Å². The summed E-state index contributed by atoms with van der Waals surface area (Å²) in [6.07, 6.45) is 1.46. The minimum Gasteiger partial charge on any atom is -0.468 e. The molecule has 0 bridgehead atoms. The molecule has 5 nitrogen and oxygen atoms in total. The van der Waals surface area contributed by atoms with E-state index in [0.717, 1.165) is 0 Å². The summed E-state index contributed by atoms with van der Waals surface area (Å²) in [5.74, 6) is -0.152. The van der Waals surface area contributed by atoms with Crippen LogP contribution in [-0.4, -0.2) is 4.92 Å². The molecule has 1 unspecified atom stereocenters. The Balaban J connectivity index is 2.43. The standard InChI is InChI=1S/C12H7ClN2O3/c13-10-6-8(3-4-11(10)15(16)17)9(7-14)12-2-1-5-18-12/h1-6,9H. The molecule has 0 fully saturated rings. The summed E-state index contributed by atoms with van der Waals surface area (Å²) in [5, 5.41) is 19.8. The molecule has 0 spiro atoms. The van der Waals surface area contributed by atoms with E-state index in [1.165, 1.54) is 24.5 Å².